The fourth-order valence-electron chi connectivity index (χ4n) is 1.60. The molecule has 2 aromatic rings. The normalized spacial score (nSPS) is 10.3. The molecule has 1 N–H and O–H groups in total. The Hall–Kier alpha value is -2.22. The maximum Gasteiger partial charge on any atom is 0.284 e. The molecule has 104 valence electrons. The molecular formula is C12H10BrN3O4. The predicted molar refractivity (Wildman–Crippen MR) is 73.2 cm³/mol. The monoisotopic (exact) mass is 339 g/mol. The van der Waals surface area contributed by atoms with Crippen molar-refractivity contribution in [1.29, 1.82) is 0 Å². The number of carbonyl (C=O) groups excluding carboxylic acids is 1. The van der Waals surface area contributed by atoms with Gasteiger partial charge in [-0.1, -0.05) is 11.2 Å². The number of carbonyl (C=O) groups is 1. The number of hydrogen-bond acceptors (Lipinski definition) is 5. The van der Waals surface area contributed by atoms with E-state index in [0.717, 1.165) is 0 Å². The molecule has 1 amide bonds. The zero-order valence-electron chi connectivity index (χ0n) is 10.4. The van der Waals surface area contributed by atoms with E-state index in [4.69, 9.17) is 4.52 Å². The molecule has 0 saturated heterocycles. The van der Waals surface area contributed by atoms with E-state index in [1.807, 2.05) is 0 Å². The van der Waals surface area contributed by atoms with Gasteiger partial charge in [0.2, 0.25) is 0 Å². The minimum absolute atomic E-state index is 0.149. The summed E-state index contributed by atoms with van der Waals surface area (Å²) < 4.78 is 5.11. The lowest BCUT2D eigenvalue weighted by Gasteiger charge is -2.05. The average Bonchev–Trinajstić information content (AvgIpc) is 2.81. The lowest BCUT2D eigenvalue weighted by Crippen LogP contribution is -2.23. The van der Waals surface area contributed by atoms with Crippen LogP contribution in [0.25, 0.3) is 0 Å². The standard InChI is InChI=1S/C12H10BrN3O4/c1-7-5-8(20-15-7)6-14-12(17)9-3-2-4-10(11(9)13)16(18)19/h2-5H,6H2,1H3,(H,14,17). The zero-order chi connectivity index (χ0) is 14.7. The Bertz CT molecular complexity index is 668. The smallest absolute Gasteiger partial charge is 0.284 e. The number of hydrogen-bond donors (Lipinski definition) is 1. The molecule has 1 aromatic heterocycles. The zero-order valence-corrected chi connectivity index (χ0v) is 12.0. The maximum absolute atomic E-state index is 12.0. The van der Waals surface area contributed by atoms with Gasteiger partial charge in [0.15, 0.2) is 5.76 Å². The summed E-state index contributed by atoms with van der Waals surface area (Å²) in [5.74, 6) is 0.0760. The van der Waals surface area contributed by atoms with Crippen molar-refractivity contribution in [3.05, 3.63) is 55.9 Å². The van der Waals surface area contributed by atoms with Crippen LogP contribution in [0, 0.1) is 17.0 Å². The summed E-state index contributed by atoms with van der Waals surface area (Å²) in [6, 6.07) is 5.97. The van der Waals surface area contributed by atoms with Crippen LogP contribution >= 0.6 is 15.9 Å². The van der Waals surface area contributed by atoms with Crippen molar-refractivity contribution in [3.8, 4) is 0 Å². The Balaban J connectivity index is 2.13. The fourth-order valence-corrected chi connectivity index (χ4v) is 2.19. The van der Waals surface area contributed by atoms with E-state index in [1.54, 1.807) is 13.0 Å². The highest BCUT2D eigenvalue weighted by Crippen LogP contribution is 2.28. The van der Waals surface area contributed by atoms with Crippen molar-refractivity contribution < 1.29 is 14.2 Å². The van der Waals surface area contributed by atoms with Crippen molar-refractivity contribution >= 4 is 27.5 Å². The van der Waals surface area contributed by atoms with Crippen LogP contribution in [0.1, 0.15) is 21.8 Å². The van der Waals surface area contributed by atoms with Gasteiger partial charge in [0.25, 0.3) is 11.6 Å². The molecule has 0 saturated carbocycles. The van der Waals surface area contributed by atoms with E-state index in [2.05, 4.69) is 26.4 Å². The highest BCUT2D eigenvalue weighted by Gasteiger charge is 2.19. The second-order valence-corrected chi connectivity index (χ2v) is 4.81. The summed E-state index contributed by atoms with van der Waals surface area (Å²) in [5, 5.41) is 17.1. The quantitative estimate of drug-likeness (QED) is 0.681. The van der Waals surface area contributed by atoms with E-state index < -0.39 is 10.8 Å². The van der Waals surface area contributed by atoms with Gasteiger partial charge >= 0.3 is 0 Å². The molecule has 0 unspecified atom stereocenters. The Morgan fingerprint density at radius 2 is 2.30 bits per heavy atom. The first-order valence-electron chi connectivity index (χ1n) is 5.62. The summed E-state index contributed by atoms with van der Waals surface area (Å²) in [6.45, 7) is 1.93. The summed E-state index contributed by atoms with van der Waals surface area (Å²) in [7, 11) is 0. The third-order valence-electron chi connectivity index (χ3n) is 2.52. The van der Waals surface area contributed by atoms with Crippen LogP contribution in [-0.4, -0.2) is 16.0 Å². The van der Waals surface area contributed by atoms with Crippen LogP contribution in [0.15, 0.2) is 33.3 Å². The number of amides is 1. The molecule has 0 aliphatic carbocycles. The van der Waals surface area contributed by atoms with Gasteiger partial charge < -0.3 is 9.84 Å². The number of aromatic nitrogens is 1. The van der Waals surface area contributed by atoms with Crippen molar-refractivity contribution in [2.24, 2.45) is 0 Å². The molecule has 0 bridgehead atoms. The summed E-state index contributed by atoms with van der Waals surface area (Å²) in [6.07, 6.45) is 0. The highest BCUT2D eigenvalue weighted by molar-refractivity contribution is 9.10. The Kier molecular flexibility index (Phi) is 4.14. The first-order valence-corrected chi connectivity index (χ1v) is 6.41. The molecule has 0 atom stereocenters. The minimum atomic E-state index is -0.555. The van der Waals surface area contributed by atoms with Gasteiger partial charge in [0.05, 0.1) is 22.7 Å². The van der Waals surface area contributed by atoms with Crippen molar-refractivity contribution in [3.63, 3.8) is 0 Å². The first kappa shape index (κ1) is 14.2. The lowest BCUT2D eigenvalue weighted by molar-refractivity contribution is -0.385. The van der Waals surface area contributed by atoms with Crippen molar-refractivity contribution in [1.82, 2.24) is 10.5 Å². The van der Waals surface area contributed by atoms with Gasteiger partial charge in [-0.3, -0.25) is 14.9 Å². The third-order valence-corrected chi connectivity index (χ3v) is 3.35. The molecule has 0 aliphatic rings. The molecule has 0 spiro atoms. The fraction of sp³-hybridized carbons (Fsp3) is 0.167. The summed E-state index contributed by atoms with van der Waals surface area (Å²) >= 11 is 3.07. The number of nitrogens with one attached hydrogen (secondary N) is 1. The minimum Gasteiger partial charge on any atom is -0.359 e. The van der Waals surface area contributed by atoms with Crippen LogP contribution in [-0.2, 0) is 6.54 Å². The van der Waals surface area contributed by atoms with Gasteiger partial charge in [-0.25, -0.2) is 0 Å². The van der Waals surface area contributed by atoms with Crippen molar-refractivity contribution in [2.75, 3.05) is 0 Å². The maximum atomic E-state index is 12.0. The molecular weight excluding hydrogens is 330 g/mol. The largest absolute Gasteiger partial charge is 0.359 e. The second-order valence-electron chi connectivity index (χ2n) is 4.01. The van der Waals surface area contributed by atoms with Crippen LogP contribution in [0.3, 0.4) is 0 Å². The second kappa shape index (κ2) is 5.83. The van der Waals surface area contributed by atoms with Gasteiger partial charge in [0.1, 0.15) is 4.47 Å². The molecule has 0 fully saturated rings. The number of rotatable bonds is 4. The predicted octanol–water partition coefficient (Wildman–Crippen LogP) is 2.58. The third kappa shape index (κ3) is 3.02. The number of nitro benzene ring substituents is 1. The van der Waals surface area contributed by atoms with E-state index in [-0.39, 0.29) is 22.3 Å². The van der Waals surface area contributed by atoms with Crippen LogP contribution in [0.4, 0.5) is 5.69 Å². The average molecular weight is 340 g/mol. The Morgan fingerprint density at radius 1 is 1.55 bits per heavy atom. The van der Waals surface area contributed by atoms with Crippen LogP contribution in [0.2, 0.25) is 0 Å². The summed E-state index contributed by atoms with van der Waals surface area (Å²) in [5.41, 5.74) is 0.745. The molecule has 20 heavy (non-hydrogen) atoms. The Labute approximate surface area is 122 Å². The molecule has 2 rings (SSSR count). The van der Waals surface area contributed by atoms with E-state index in [0.29, 0.717) is 11.5 Å². The number of nitro groups is 1. The number of aryl methyl sites for hydroxylation is 1. The number of nitrogens with zero attached hydrogens (tertiary/aromatic N) is 2. The van der Waals surface area contributed by atoms with Gasteiger partial charge in [-0.05, 0) is 28.9 Å². The van der Waals surface area contributed by atoms with E-state index in [9.17, 15) is 14.9 Å². The molecule has 1 heterocycles. The molecule has 0 aliphatic heterocycles. The molecule has 1 aromatic carbocycles. The highest BCUT2D eigenvalue weighted by atomic mass is 79.9. The summed E-state index contributed by atoms with van der Waals surface area (Å²) in [4.78, 5) is 22.2. The van der Waals surface area contributed by atoms with Crippen molar-refractivity contribution in [2.45, 2.75) is 13.5 Å². The van der Waals surface area contributed by atoms with Crippen LogP contribution < -0.4 is 5.32 Å². The Morgan fingerprint density at radius 3 is 2.90 bits per heavy atom. The lowest BCUT2D eigenvalue weighted by atomic mass is 10.2. The SMILES string of the molecule is Cc1cc(CNC(=O)c2cccc([N+](=O)[O-])c2Br)on1. The van der Waals surface area contributed by atoms with E-state index >= 15 is 0 Å². The number of halogens is 1. The van der Waals surface area contributed by atoms with E-state index in [1.165, 1.54) is 18.2 Å². The topological polar surface area (TPSA) is 98.3 Å². The molecule has 0 radical (unpaired) electrons. The number of benzene rings is 1. The van der Waals surface area contributed by atoms with Crippen LogP contribution in [0.5, 0.6) is 0 Å². The molecule has 8 heteroatoms. The first-order chi connectivity index (χ1) is 9.49. The van der Waals surface area contributed by atoms with Gasteiger partial charge in [0, 0.05) is 12.1 Å². The van der Waals surface area contributed by atoms with Gasteiger partial charge in [-0.2, -0.15) is 0 Å². The molecule has 7 nitrogen and oxygen atoms in total. The van der Waals surface area contributed by atoms with Gasteiger partial charge in [-0.15, -0.1) is 0 Å².